The van der Waals surface area contributed by atoms with Crippen molar-refractivity contribution in [2.75, 3.05) is 7.11 Å². The first-order chi connectivity index (χ1) is 9.33. The van der Waals surface area contributed by atoms with E-state index >= 15 is 0 Å². The van der Waals surface area contributed by atoms with Gasteiger partial charge in [-0.3, -0.25) is 0 Å². The lowest BCUT2D eigenvalue weighted by Gasteiger charge is -2.25. The Balaban J connectivity index is 1.52. The summed E-state index contributed by atoms with van der Waals surface area (Å²) in [6.45, 7) is 0. The fraction of sp³-hybridized carbons (Fsp3) is 0.625. The van der Waals surface area contributed by atoms with Gasteiger partial charge in [0, 0.05) is 12.1 Å². The van der Waals surface area contributed by atoms with Crippen molar-refractivity contribution in [2.45, 2.75) is 56.4 Å². The van der Waals surface area contributed by atoms with Crippen LogP contribution in [0.4, 0.5) is 0 Å². The molecular weight excluding hydrogens is 238 g/mol. The summed E-state index contributed by atoms with van der Waals surface area (Å²) >= 11 is 0. The standard InChI is InChI=1S/C16H21NO2/c1-18-11-4-2-10-3-6-14(13(10)8-11)17-15-9-12-5-7-16(15)19-12/h2,4,8,12,14-17H,3,5-7,9H2,1H3. The lowest BCUT2D eigenvalue weighted by molar-refractivity contribution is 0.0960. The number of benzene rings is 1. The van der Waals surface area contributed by atoms with Gasteiger partial charge in [-0.05, 0) is 55.4 Å². The molecule has 3 nitrogen and oxygen atoms in total. The Kier molecular flexibility index (Phi) is 2.78. The number of rotatable bonds is 3. The molecule has 2 heterocycles. The number of hydrogen-bond acceptors (Lipinski definition) is 3. The van der Waals surface area contributed by atoms with Gasteiger partial charge in [-0.25, -0.2) is 0 Å². The zero-order chi connectivity index (χ0) is 12.8. The van der Waals surface area contributed by atoms with E-state index in [-0.39, 0.29) is 0 Å². The summed E-state index contributed by atoms with van der Waals surface area (Å²) in [5, 5.41) is 3.84. The summed E-state index contributed by atoms with van der Waals surface area (Å²) in [6, 6.07) is 7.53. The summed E-state index contributed by atoms with van der Waals surface area (Å²) in [5.74, 6) is 0.969. The van der Waals surface area contributed by atoms with Crippen LogP contribution in [0.2, 0.25) is 0 Å². The molecule has 2 saturated heterocycles. The molecule has 4 unspecified atom stereocenters. The molecule has 0 radical (unpaired) electrons. The maximum Gasteiger partial charge on any atom is 0.119 e. The van der Waals surface area contributed by atoms with Gasteiger partial charge in [0.15, 0.2) is 0 Å². The third-order valence-corrected chi connectivity index (χ3v) is 4.95. The quantitative estimate of drug-likeness (QED) is 0.905. The van der Waals surface area contributed by atoms with Crippen molar-refractivity contribution in [2.24, 2.45) is 0 Å². The second-order valence-corrected chi connectivity index (χ2v) is 6.04. The molecule has 2 fully saturated rings. The number of fused-ring (bicyclic) bond motifs is 3. The van der Waals surface area contributed by atoms with E-state index in [1.165, 1.54) is 43.2 Å². The number of nitrogens with one attached hydrogen (secondary N) is 1. The topological polar surface area (TPSA) is 30.5 Å². The van der Waals surface area contributed by atoms with Crippen molar-refractivity contribution in [1.29, 1.82) is 0 Å². The van der Waals surface area contributed by atoms with Gasteiger partial charge >= 0.3 is 0 Å². The first kappa shape index (κ1) is 11.7. The highest BCUT2D eigenvalue weighted by Crippen LogP contribution is 2.39. The number of hydrogen-bond donors (Lipinski definition) is 1. The molecule has 4 atom stereocenters. The van der Waals surface area contributed by atoms with Gasteiger partial charge in [0.05, 0.1) is 19.3 Å². The molecule has 1 aromatic rings. The smallest absolute Gasteiger partial charge is 0.119 e. The molecule has 102 valence electrons. The van der Waals surface area contributed by atoms with E-state index in [0.29, 0.717) is 24.3 Å². The number of methoxy groups -OCH3 is 1. The van der Waals surface area contributed by atoms with Crippen LogP contribution in [0.15, 0.2) is 18.2 Å². The molecule has 1 N–H and O–H groups in total. The molecule has 0 spiro atoms. The van der Waals surface area contributed by atoms with Gasteiger partial charge in [-0.2, -0.15) is 0 Å². The monoisotopic (exact) mass is 259 g/mol. The third kappa shape index (κ3) is 1.96. The van der Waals surface area contributed by atoms with Crippen molar-refractivity contribution in [1.82, 2.24) is 5.32 Å². The highest BCUT2D eigenvalue weighted by atomic mass is 16.5. The molecule has 0 aromatic heterocycles. The van der Waals surface area contributed by atoms with Crippen LogP contribution in [0, 0.1) is 0 Å². The summed E-state index contributed by atoms with van der Waals surface area (Å²) in [4.78, 5) is 0. The molecule has 2 bridgehead atoms. The zero-order valence-corrected chi connectivity index (χ0v) is 11.4. The van der Waals surface area contributed by atoms with Crippen molar-refractivity contribution >= 4 is 0 Å². The van der Waals surface area contributed by atoms with Gasteiger partial charge in [-0.1, -0.05) is 6.07 Å². The molecule has 1 aromatic carbocycles. The lowest BCUT2D eigenvalue weighted by atomic mass is 9.94. The maximum atomic E-state index is 5.94. The Morgan fingerprint density at radius 3 is 2.95 bits per heavy atom. The van der Waals surface area contributed by atoms with Gasteiger partial charge < -0.3 is 14.8 Å². The van der Waals surface area contributed by atoms with E-state index in [1.54, 1.807) is 7.11 Å². The molecule has 0 saturated carbocycles. The second-order valence-electron chi connectivity index (χ2n) is 6.04. The minimum Gasteiger partial charge on any atom is -0.497 e. The van der Waals surface area contributed by atoms with E-state index < -0.39 is 0 Å². The Morgan fingerprint density at radius 2 is 2.21 bits per heavy atom. The average Bonchev–Trinajstić information content (AvgIpc) is 3.14. The first-order valence-electron chi connectivity index (χ1n) is 7.42. The van der Waals surface area contributed by atoms with Crippen LogP contribution in [0.1, 0.15) is 42.9 Å². The molecule has 0 amide bonds. The van der Waals surface area contributed by atoms with Crippen LogP contribution in [-0.2, 0) is 11.2 Å². The minimum absolute atomic E-state index is 0.458. The summed E-state index contributed by atoms with van der Waals surface area (Å²) in [5.41, 5.74) is 2.91. The van der Waals surface area contributed by atoms with Crippen LogP contribution in [0.25, 0.3) is 0 Å². The summed E-state index contributed by atoms with van der Waals surface area (Å²) in [6.07, 6.45) is 7.06. The number of ether oxygens (including phenoxy) is 2. The SMILES string of the molecule is COc1ccc2c(c1)C(NC1CC3CCC1O3)CC2. The molecule has 3 aliphatic rings. The third-order valence-electron chi connectivity index (χ3n) is 4.95. The Hall–Kier alpha value is -1.06. The highest BCUT2D eigenvalue weighted by molar-refractivity contribution is 5.40. The Bertz CT molecular complexity index is 488. The predicted molar refractivity (Wildman–Crippen MR) is 73.5 cm³/mol. The van der Waals surface area contributed by atoms with E-state index in [0.717, 1.165) is 5.75 Å². The maximum absolute atomic E-state index is 5.94. The number of aryl methyl sites for hydroxylation is 1. The molecular formula is C16H21NO2. The van der Waals surface area contributed by atoms with E-state index in [2.05, 4.69) is 23.5 Å². The molecule has 4 rings (SSSR count). The van der Waals surface area contributed by atoms with E-state index in [4.69, 9.17) is 9.47 Å². The van der Waals surface area contributed by atoms with Crippen LogP contribution in [0.3, 0.4) is 0 Å². The van der Waals surface area contributed by atoms with Crippen LogP contribution in [0.5, 0.6) is 5.75 Å². The van der Waals surface area contributed by atoms with E-state index in [1.807, 2.05) is 0 Å². The minimum atomic E-state index is 0.458. The van der Waals surface area contributed by atoms with E-state index in [9.17, 15) is 0 Å². The molecule has 3 heteroatoms. The Morgan fingerprint density at radius 1 is 1.26 bits per heavy atom. The van der Waals surface area contributed by atoms with Crippen molar-refractivity contribution in [3.8, 4) is 5.75 Å². The van der Waals surface area contributed by atoms with Gasteiger partial charge in [0.2, 0.25) is 0 Å². The average molecular weight is 259 g/mol. The van der Waals surface area contributed by atoms with Crippen molar-refractivity contribution < 1.29 is 9.47 Å². The van der Waals surface area contributed by atoms with Gasteiger partial charge in [0.1, 0.15) is 5.75 Å². The van der Waals surface area contributed by atoms with Crippen molar-refractivity contribution in [3.63, 3.8) is 0 Å². The molecule has 1 aliphatic carbocycles. The highest BCUT2D eigenvalue weighted by Gasteiger charge is 2.42. The first-order valence-corrected chi connectivity index (χ1v) is 7.42. The normalized spacial score (nSPS) is 35.6. The summed E-state index contributed by atoms with van der Waals surface area (Å²) < 4.78 is 11.3. The van der Waals surface area contributed by atoms with Gasteiger partial charge in [0.25, 0.3) is 0 Å². The summed E-state index contributed by atoms with van der Waals surface area (Å²) in [7, 11) is 1.74. The van der Waals surface area contributed by atoms with Crippen LogP contribution in [-0.4, -0.2) is 25.4 Å². The van der Waals surface area contributed by atoms with Crippen molar-refractivity contribution in [3.05, 3.63) is 29.3 Å². The lowest BCUT2D eigenvalue weighted by Crippen LogP contribution is -2.39. The second kappa shape index (κ2) is 4.50. The largest absolute Gasteiger partial charge is 0.497 e. The van der Waals surface area contributed by atoms with Crippen LogP contribution >= 0.6 is 0 Å². The molecule has 2 aliphatic heterocycles. The van der Waals surface area contributed by atoms with Crippen LogP contribution < -0.4 is 10.1 Å². The fourth-order valence-corrected chi connectivity index (χ4v) is 3.95. The molecule has 19 heavy (non-hydrogen) atoms. The Labute approximate surface area is 114 Å². The zero-order valence-electron chi connectivity index (χ0n) is 11.4. The van der Waals surface area contributed by atoms with Gasteiger partial charge in [-0.15, -0.1) is 0 Å². The fourth-order valence-electron chi connectivity index (χ4n) is 3.95. The predicted octanol–water partition coefficient (Wildman–Crippen LogP) is 2.59.